The van der Waals surface area contributed by atoms with Crippen LogP contribution in [0.25, 0.3) is 0 Å². The molecule has 0 bridgehead atoms. The molecule has 3 N–H and O–H groups in total. The molecule has 3 rings (SSSR count). The summed E-state index contributed by atoms with van der Waals surface area (Å²) in [4.78, 5) is 51.7. The topological polar surface area (TPSA) is 114 Å². The van der Waals surface area contributed by atoms with E-state index in [4.69, 9.17) is 4.74 Å². The van der Waals surface area contributed by atoms with Crippen LogP contribution in [-0.2, 0) is 14.4 Å². The Hall–Kier alpha value is -3.42. The second kappa shape index (κ2) is 12.3. The third-order valence-electron chi connectivity index (χ3n) is 6.00. The van der Waals surface area contributed by atoms with Crippen molar-refractivity contribution < 1.29 is 23.9 Å². The van der Waals surface area contributed by atoms with Crippen molar-refractivity contribution in [3.63, 3.8) is 0 Å². The molecule has 0 saturated heterocycles. The van der Waals surface area contributed by atoms with Crippen molar-refractivity contribution in [3.8, 4) is 5.75 Å². The number of rotatable bonds is 12. The summed E-state index contributed by atoms with van der Waals surface area (Å²) in [5.74, 6) is -1.60. The minimum absolute atomic E-state index is 0.0375. The number of ketones is 1. The molecule has 2 aliphatic carbocycles. The van der Waals surface area contributed by atoms with E-state index in [9.17, 15) is 19.2 Å². The number of carbonyl (C=O) groups is 4. The molecule has 2 aliphatic rings. The van der Waals surface area contributed by atoms with Crippen LogP contribution in [0.1, 0.15) is 62.7 Å². The highest BCUT2D eigenvalue weighted by Crippen LogP contribution is 2.21. The summed E-state index contributed by atoms with van der Waals surface area (Å²) in [6, 6.07) is 4.84. The smallest absolute Gasteiger partial charge is 0.289 e. The molecule has 1 fully saturated rings. The van der Waals surface area contributed by atoms with Gasteiger partial charge in [0.2, 0.25) is 11.7 Å². The lowest BCUT2D eigenvalue weighted by molar-refractivity contribution is -0.140. The highest BCUT2D eigenvalue weighted by Gasteiger charge is 2.34. The summed E-state index contributed by atoms with van der Waals surface area (Å²) in [6.07, 6.45) is 9.84. The predicted molar refractivity (Wildman–Crippen MR) is 133 cm³/mol. The van der Waals surface area contributed by atoms with E-state index in [1.165, 1.54) is 7.11 Å². The van der Waals surface area contributed by atoms with Gasteiger partial charge in [0.25, 0.3) is 11.8 Å². The minimum atomic E-state index is -0.998. The molecule has 188 valence electrons. The Balaban J connectivity index is 1.74. The first-order valence-corrected chi connectivity index (χ1v) is 12.2. The Kier molecular flexibility index (Phi) is 9.23. The van der Waals surface area contributed by atoms with Crippen molar-refractivity contribution in [2.45, 2.75) is 70.5 Å². The number of carbonyl (C=O) groups excluding carboxylic acids is 4. The summed E-state index contributed by atoms with van der Waals surface area (Å²) in [6.45, 7) is 3.89. The number of allylic oxidation sites excluding steroid dienone is 3. The molecule has 1 aromatic rings. The fourth-order valence-corrected chi connectivity index (χ4v) is 3.92. The Bertz CT molecular complexity index is 1010. The SMILES string of the molecule is COc1cccc(C(=O)N[C@@H](CC(C)C)C(=O)N[C@@H](CC2=CC=CCC2)C(=O)C(=O)NC2CC2)c1. The Morgan fingerprint density at radius 2 is 1.86 bits per heavy atom. The number of nitrogens with one attached hydrogen (secondary N) is 3. The summed E-state index contributed by atoms with van der Waals surface area (Å²) >= 11 is 0. The van der Waals surface area contributed by atoms with Crippen molar-refractivity contribution in [2.24, 2.45) is 5.92 Å². The Labute approximate surface area is 206 Å². The minimum Gasteiger partial charge on any atom is -0.497 e. The van der Waals surface area contributed by atoms with Crippen LogP contribution in [0.15, 0.2) is 48.1 Å². The fraction of sp³-hybridized carbons (Fsp3) is 0.481. The van der Waals surface area contributed by atoms with Gasteiger partial charge in [0.05, 0.1) is 7.11 Å². The lowest BCUT2D eigenvalue weighted by Gasteiger charge is -2.25. The van der Waals surface area contributed by atoms with Crippen LogP contribution in [0.3, 0.4) is 0 Å². The largest absolute Gasteiger partial charge is 0.497 e. The van der Waals surface area contributed by atoms with Gasteiger partial charge in [0, 0.05) is 11.6 Å². The molecule has 3 amide bonds. The first kappa shape index (κ1) is 26.2. The number of Topliss-reactive ketones (excluding diaryl/α,β-unsaturated/α-hetero) is 1. The molecule has 0 spiro atoms. The maximum Gasteiger partial charge on any atom is 0.289 e. The van der Waals surface area contributed by atoms with E-state index in [0.29, 0.717) is 17.7 Å². The van der Waals surface area contributed by atoms with E-state index in [1.54, 1.807) is 24.3 Å². The number of hydrogen-bond acceptors (Lipinski definition) is 5. The van der Waals surface area contributed by atoms with Gasteiger partial charge in [-0.1, -0.05) is 43.7 Å². The van der Waals surface area contributed by atoms with Gasteiger partial charge in [-0.25, -0.2) is 0 Å². The number of amides is 3. The maximum atomic E-state index is 13.3. The molecule has 1 saturated carbocycles. The van der Waals surface area contributed by atoms with Crippen LogP contribution < -0.4 is 20.7 Å². The van der Waals surface area contributed by atoms with Gasteiger partial charge in [0.15, 0.2) is 0 Å². The predicted octanol–water partition coefficient (Wildman–Crippen LogP) is 2.84. The van der Waals surface area contributed by atoms with Crippen LogP contribution in [0.4, 0.5) is 0 Å². The van der Waals surface area contributed by atoms with Crippen LogP contribution in [0.2, 0.25) is 0 Å². The molecule has 8 nitrogen and oxygen atoms in total. The zero-order valence-electron chi connectivity index (χ0n) is 20.6. The van der Waals surface area contributed by atoms with E-state index in [-0.39, 0.29) is 18.4 Å². The van der Waals surface area contributed by atoms with Crippen LogP contribution in [-0.4, -0.2) is 48.7 Å². The van der Waals surface area contributed by atoms with E-state index in [2.05, 4.69) is 16.0 Å². The summed E-state index contributed by atoms with van der Waals surface area (Å²) < 4.78 is 5.18. The average molecular weight is 482 g/mol. The zero-order chi connectivity index (χ0) is 25.4. The normalized spacial score (nSPS) is 16.6. The first-order valence-electron chi connectivity index (χ1n) is 12.2. The van der Waals surface area contributed by atoms with E-state index in [0.717, 1.165) is 31.3 Å². The second-order valence-corrected chi connectivity index (χ2v) is 9.56. The van der Waals surface area contributed by atoms with E-state index >= 15 is 0 Å². The standard InChI is InChI=1S/C27H35N3O5/c1-17(2)14-23(30-25(32)19-10-7-11-21(16-19)35-3)26(33)29-22(15-18-8-5-4-6-9-18)24(31)27(34)28-20-12-13-20/h4-5,7-8,10-11,16-17,20,22-23H,6,9,12-15H2,1-3H3,(H,28,34)(H,29,33)(H,30,32)/t22-,23-/m0/s1. The summed E-state index contributed by atoms with van der Waals surface area (Å²) in [5.41, 5.74) is 1.35. The van der Waals surface area contributed by atoms with Crippen molar-refractivity contribution in [3.05, 3.63) is 53.6 Å². The molecule has 35 heavy (non-hydrogen) atoms. The molecule has 0 radical (unpaired) electrons. The number of benzene rings is 1. The third kappa shape index (κ3) is 8.09. The lowest BCUT2D eigenvalue weighted by atomic mass is 9.94. The van der Waals surface area contributed by atoms with E-state index in [1.807, 2.05) is 32.1 Å². The lowest BCUT2D eigenvalue weighted by Crippen LogP contribution is -2.54. The van der Waals surface area contributed by atoms with Gasteiger partial charge in [0.1, 0.15) is 17.8 Å². The molecule has 0 aliphatic heterocycles. The van der Waals surface area contributed by atoms with Gasteiger partial charge in [-0.15, -0.1) is 0 Å². The van der Waals surface area contributed by atoms with Crippen molar-refractivity contribution >= 4 is 23.5 Å². The van der Waals surface area contributed by atoms with Gasteiger partial charge in [-0.2, -0.15) is 0 Å². The molecule has 0 heterocycles. The van der Waals surface area contributed by atoms with E-state index < -0.39 is 35.6 Å². The summed E-state index contributed by atoms with van der Waals surface area (Å²) in [5, 5.41) is 8.28. The highest BCUT2D eigenvalue weighted by molar-refractivity contribution is 6.38. The second-order valence-electron chi connectivity index (χ2n) is 9.56. The van der Waals surface area contributed by atoms with Crippen molar-refractivity contribution in [2.75, 3.05) is 7.11 Å². The molecule has 0 unspecified atom stereocenters. The maximum absolute atomic E-state index is 13.3. The molecule has 1 aromatic carbocycles. The van der Waals surface area contributed by atoms with Gasteiger partial charge < -0.3 is 20.7 Å². The van der Waals surface area contributed by atoms with Crippen molar-refractivity contribution in [1.82, 2.24) is 16.0 Å². The number of hydrogen-bond donors (Lipinski definition) is 3. The molecule has 0 aromatic heterocycles. The monoisotopic (exact) mass is 481 g/mol. The molecular formula is C27H35N3O5. The van der Waals surface area contributed by atoms with Crippen LogP contribution in [0, 0.1) is 5.92 Å². The molecular weight excluding hydrogens is 446 g/mol. The quantitative estimate of drug-likeness (QED) is 0.397. The number of methoxy groups -OCH3 is 1. The van der Waals surface area contributed by atoms with Crippen molar-refractivity contribution in [1.29, 1.82) is 0 Å². The van der Waals surface area contributed by atoms with Gasteiger partial charge in [-0.3, -0.25) is 19.2 Å². The van der Waals surface area contributed by atoms with Crippen LogP contribution in [0.5, 0.6) is 5.75 Å². The zero-order valence-corrected chi connectivity index (χ0v) is 20.6. The number of ether oxygens (including phenoxy) is 1. The average Bonchev–Trinajstić information content (AvgIpc) is 3.67. The highest BCUT2D eigenvalue weighted by atomic mass is 16.5. The Morgan fingerprint density at radius 3 is 2.49 bits per heavy atom. The van der Waals surface area contributed by atoms with Gasteiger partial charge in [-0.05, 0) is 62.6 Å². The first-order chi connectivity index (χ1) is 16.8. The Morgan fingerprint density at radius 1 is 1.09 bits per heavy atom. The van der Waals surface area contributed by atoms with Gasteiger partial charge >= 0.3 is 0 Å². The summed E-state index contributed by atoms with van der Waals surface area (Å²) in [7, 11) is 1.51. The van der Waals surface area contributed by atoms with Crippen LogP contribution >= 0.6 is 0 Å². The fourth-order valence-electron chi connectivity index (χ4n) is 3.92. The molecule has 2 atom stereocenters. The molecule has 8 heteroatoms. The third-order valence-corrected chi connectivity index (χ3v) is 6.00.